The molecule has 2 aromatic heterocycles. The van der Waals surface area contributed by atoms with Crippen LogP contribution in [0, 0.1) is 0 Å². The summed E-state index contributed by atoms with van der Waals surface area (Å²) in [6.45, 7) is 0.475. The molecule has 6 nitrogen and oxygen atoms in total. The molecule has 0 spiro atoms. The lowest BCUT2D eigenvalue weighted by molar-refractivity contribution is -0.274. The van der Waals surface area contributed by atoms with E-state index in [1.807, 2.05) is 23.6 Å². The number of alkyl halides is 3. The Morgan fingerprint density at radius 2 is 2.04 bits per heavy atom. The summed E-state index contributed by atoms with van der Waals surface area (Å²) in [5, 5.41) is 8.55. The van der Waals surface area contributed by atoms with Crippen LogP contribution in [0.1, 0.15) is 5.69 Å². The van der Waals surface area contributed by atoms with Crippen LogP contribution in [0.25, 0.3) is 10.6 Å². The highest BCUT2D eigenvalue weighted by Gasteiger charge is 2.30. The zero-order valence-corrected chi connectivity index (χ0v) is 15.5. The third-order valence-corrected chi connectivity index (χ3v) is 4.42. The van der Waals surface area contributed by atoms with Crippen LogP contribution in [0.3, 0.4) is 0 Å². The number of thiophene rings is 1. The Balaban J connectivity index is 1.49. The monoisotopic (exact) mass is 411 g/mol. The highest BCUT2D eigenvalue weighted by Crippen LogP contribution is 2.26. The van der Waals surface area contributed by atoms with Crippen LogP contribution >= 0.6 is 11.3 Å². The second kappa shape index (κ2) is 8.44. The normalized spacial score (nSPS) is 11.6. The molecule has 148 valence electrons. The van der Waals surface area contributed by atoms with Gasteiger partial charge in [-0.1, -0.05) is 11.2 Å². The number of anilines is 1. The average molecular weight is 411 g/mol. The minimum atomic E-state index is -4.75. The van der Waals surface area contributed by atoms with Gasteiger partial charge in [-0.25, -0.2) is 0 Å². The van der Waals surface area contributed by atoms with Gasteiger partial charge in [0.2, 0.25) is 5.91 Å². The topological polar surface area (TPSA) is 67.6 Å². The minimum absolute atomic E-state index is 0.0714. The molecule has 1 aromatic carbocycles. The van der Waals surface area contributed by atoms with Crippen molar-refractivity contribution in [2.45, 2.75) is 12.9 Å². The van der Waals surface area contributed by atoms with Gasteiger partial charge in [-0.05, 0) is 42.8 Å². The highest BCUT2D eigenvalue weighted by molar-refractivity contribution is 7.13. The molecule has 0 aliphatic heterocycles. The molecule has 28 heavy (non-hydrogen) atoms. The molecule has 3 aromatic rings. The van der Waals surface area contributed by atoms with Gasteiger partial charge >= 0.3 is 6.36 Å². The number of halogens is 3. The number of ether oxygens (including phenoxy) is 1. The van der Waals surface area contributed by atoms with E-state index in [1.165, 1.54) is 12.1 Å². The van der Waals surface area contributed by atoms with Gasteiger partial charge in [0.1, 0.15) is 5.75 Å². The smallest absolute Gasteiger partial charge is 0.406 e. The van der Waals surface area contributed by atoms with E-state index in [2.05, 4.69) is 15.2 Å². The Morgan fingerprint density at radius 3 is 2.68 bits per heavy atom. The van der Waals surface area contributed by atoms with Crippen molar-refractivity contribution < 1.29 is 27.2 Å². The van der Waals surface area contributed by atoms with Crippen LogP contribution in [-0.4, -0.2) is 35.9 Å². The number of carbonyl (C=O) groups excluding carboxylic acids is 1. The molecule has 0 bridgehead atoms. The Hall–Kier alpha value is -2.85. The van der Waals surface area contributed by atoms with Crippen LogP contribution < -0.4 is 10.1 Å². The molecule has 0 saturated carbocycles. The number of hydrogen-bond acceptors (Lipinski definition) is 6. The molecule has 0 unspecified atom stereocenters. The van der Waals surface area contributed by atoms with Crippen LogP contribution in [0.5, 0.6) is 5.75 Å². The zero-order valence-electron chi connectivity index (χ0n) is 14.7. The van der Waals surface area contributed by atoms with Gasteiger partial charge in [-0.2, -0.15) is 0 Å². The van der Waals surface area contributed by atoms with Crippen molar-refractivity contribution in [3.63, 3.8) is 0 Å². The lowest BCUT2D eigenvalue weighted by atomic mass is 10.3. The first-order valence-corrected chi connectivity index (χ1v) is 9.00. The van der Waals surface area contributed by atoms with Crippen molar-refractivity contribution in [1.82, 2.24) is 10.1 Å². The summed E-state index contributed by atoms with van der Waals surface area (Å²) in [4.78, 5) is 14.8. The molecule has 0 fully saturated rings. The maximum Gasteiger partial charge on any atom is 0.573 e. The third-order valence-electron chi connectivity index (χ3n) is 3.54. The van der Waals surface area contributed by atoms with E-state index >= 15 is 0 Å². The quantitative estimate of drug-likeness (QED) is 0.625. The van der Waals surface area contributed by atoms with E-state index in [1.54, 1.807) is 23.3 Å². The van der Waals surface area contributed by atoms with Crippen LogP contribution in [-0.2, 0) is 11.3 Å². The standard InChI is InChI=1S/C18H16F3N3O3S/c1-24(10-13-9-15(27-23-13)16-3-2-8-28-16)11-17(25)22-12-4-6-14(7-5-12)26-18(19,20)21/h2-9H,10-11H2,1H3,(H,22,25). The second-order valence-electron chi connectivity index (χ2n) is 5.95. The van der Waals surface area contributed by atoms with Crippen LogP contribution in [0.2, 0.25) is 0 Å². The average Bonchev–Trinajstić information content (AvgIpc) is 3.26. The van der Waals surface area contributed by atoms with Crippen molar-refractivity contribution in [1.29, 1.82) is 0 Å². The van der Waals surface area contributed by atoms with E-state index in [0.29, 0.717) is 23.7 Å². The van der Waals surface area contributed by atoms with Gasteiger partial charge in [-0.3, -0.25) is 9.69 Å². The van der Waals surface area contributed by atoms with Gasteiger partial charge < -0.3 is 14.6 Å². The lowest BCUT2D eigenvalue weighted by Gasteiger charge is -2.15. The largest absolute Gasteiger partial charge is 0.573 e. The number of nitrogens with zero attached hydrogens (tertiary/aromatic N) is 2. The van der Waals surface area contributed by atoms with E-state index in [9.17, 15) is 18.0 Å². The number of hydrogen-bond donors (Lipinski definition) is 1. The molecule has 0 radical (unpaired) electrons. The first-order chi connectivity index (χ1) is 13.3. The molecule has 1 N–H and O–H groups in total. The summed E-state index contributed by atoms with van der Waals surface area (Å²) in [6.07, 6.45) is -4.75. The van der Waals surface area contributed by atoms with Gasteiger partial charge in [0.05, 0.1) is 17.1 Å². The van der Waals surface area contributed by atoms with Gasteiger partial charge in [0.15, 0.2) is 5.76 Å². The summed E-state index contributed by atoms with van der Waals surface area (Å²) in [5.41, 5.74) is 1.06. The summed E-state index contributed by atoms with van der Waals surface area (Å²) in [6, 6.07) is 10.6. The van der Waals surface area contributed by atoms with E-state index in [-0.39, 0.29) is 18.2 Å². The number of benzene rings is 1. The molecule has 0 aliphatic carbocycles. The number of carbonyl (C=O) groups is 1. The molecule has 10 heteroatoms. The lowest BCUT2D eigenvalue weighted by Crippen LogP contribution is -2.29. The third kappa shape index (κ3) is 5.83. The number of aromatic nitrogens is 1. The maximum absolute atomic E-state index is 12.1. The van der Waals surface area contributed by atoms with Gasteiger partial charge in [0, 0.05) is 18.3 Å². The van der Waals surface area contributed by atoms with Crippen molar-refractivity contribution in [2.75, 3.05) is 18.9 Å². The highest BCUT2D eigenvalue weighted by atomic mass is 32.1. The Kier molecular flexibility index (Phi) is 6.00. The molecule has 0 aliphatic rings. The molecule has 1 amide bonds. The number of amides is 1. The Bertz CT molecular complexity index is 908. The summed E-state index contributed by atoms with van der Waals surface area (Å²) in [7, 11) is 1.75. The molecular weight excluding hydrogens is 395 g/mol. The molecule has 2 heterocycles. The van der Waals surface area contributed by atoms with Gasteiger partial charge in [-0.15, -0.1) is 24.5 Å². The van der Waals surface area contributed by atoms with Crippen molar-refractivity contribution >= 4 is 22.9 Å². The fourth-order valence-corrected chi connectivity index (χ4v) is 3.11. The number of rotatable bonds is 7. The van der Waals surface area contributed by atoms with E-state index < -0.39 is 6.36 Å². The van der Waals surface area contributed by atoms with Crippen LogP contribution in [0.4, 0.5) is 18.9 Å². The van der Waals surface area contributed by atoms with E-state index in [0.717, 1.165) is 17.0 Å². The number of likely N-dealkylation sites (N-methyl/N-ethyl adjacent to an activating group) is 1. The van der Waals surface area contributed by atoms with Gasteiger partial charge in [0.25, 0.3) is 0 Å². The molecule has 0 saturated heterocycles. The van der Waals surface area contributed by atoms with Crippen molar-refractivity contribution in [3.8, 4) is 16.4 Å². The van der Waals surface area contributed by atoms with Crippen LogP contribution in [0.15, 0.2) is 52.4 Å². The predicted octanol–water partition coefficient (Wildman–Crippen LogP) is 4.37. The Labute approximate surface area is 162 Å². The summed E-state index contributed by atoms with van der Waals surface area (Å²) in [5.74, 6) is 0.00757. The SMILES string of the molecule is CN(CC(=O)Nc1ccc(OC(F)(F)F)cc1)Cc1cc(-c2cccs2)on1. The minimum Gasteiger partial charge on any atom is -0.406 e. The Morgan fingerprint density at radius 1 is 1.29 bits per heavy atom. The molecular formula is C18H16F3N3O3S. The first kappa shape index (κ1) is 19.9. The fourth-order valence-electron chi connectivity index (χ4n) is 2.44. The maximum atomic E-state index is 12.1. The van der Waals surface area contributed by atoms with Crippen molar-refractivity contribution in [2.24, 2.45) is 0 Å². The predicted molar refractivity (Wildman–Crippen MR) is 97.9 cm³/mol. The fraction of sp³-hybridized carbons (Fsp3) is 0.222. The molecule has 0 atom stereocenters. The summed E-state index contributed by atoms with van der Waals surface area (Å²) >= 11 is 1.54. The summed E-state index contributed by atoms with van der Waals surface area (Å²) < 4.78 is 45.5. The number of nitrogens with one attached hydrogen (secondary N) is 1. The zero-order chi connectivity index (χ0) is 20.1. The van der Waals surface area contributed by atoms with Crippen molar-refractivity contribution in [3.05, 3.63) is 53.5 Å². The second-order valence-corrected chi connectivity index (χ2v) is 6.90. The molecule has 3 rings (SSSR count). The first-order valence-electron chi connectivity index (χ1n) is 8.12. The van der Waals surface area contributed by atoms with E-state index in [4.69, 9.17) is 4.52 Å².